The Labute approximate surface area is 109 Å². The van der Waals surface area contributed by atoms with Crippen LogP contribution in [0.25, 0.3) is 0 Å². The summed E-state index contributed by atoms with van der Waals surface area (Å²) in [6.45, 7) is 6.22. The third-order valence-electron chi connectivity index (χ3n) is 4.11. The van der Waals surface area contributed by atoms with Gasteiger partial charge in [0.1, 0.15) is 5.75 Å². The minimum atomic E-state index is 0.181. The van der Waals surface area contributed by atoms with E-state index in [0.717, 1.165) is 28.9 Å². The van der Waals surface area contributed by atoms with Crippen LogP contribution in [0.3, 0.4) is 0 Å². The Morgan fingerprint density at radius 2 is 2.00 bits per heavy atom. The fourth-order valence-corrected chi connectivity index (χ4v) is 3.13. The Bertz CT molecular complexity index is 462. The van der Waals surface area contributed by atoms with E-state index < -0.39 is 0 Å². The number of carbonyl (C=O) groups excluding carboxylic acids is 1. The van der Waals surface area contributed by atoms with Gasteiger partial charge in [-0.15, -0.1) is 0 Å². The molecule has 98 valence electrons. The van der Waals surface area contributed by atoms with Crippen molar-refractivity contribution in [3.63, 3.8) is 0 Å². The number of ketones is 1. The molecule has 0 amide bonds. The molecule has 1 aromatic carbocycles. The van der Waals surface area contributed by atoms with E-state index in [1.165, 1.54) is 12.8 Å². The molecule has 2 unspecified atom stereocenters. The van der Waals surface area contributed by atoms with E-state index in [1.54, 1.807) is 7.11 Å². The zero-order valence-corrected chi connectivity index (χ0v) is 11.7. The Morgan fingerprint density at radius 3 is 2.56 bits per heavy atom. The molecular weight excluding hydrogens is 224 g/mol. The molecule has 0 radical (unpaired) electrons. The lowest BCUT2D eigenvalue weighted by Gasteiger charge is -2.18. The van der Waals surface area contributed by atoms with Crippen molar-refractivity contribution in [1.29, 1.82) is 0 Å². The minimum Gasteiger partial charge on any atom is -0.496 e. The summed E-state index contributed by atoms with van der Waals surface area (Å²) in [4.78, 5) is 12.7. The van der Waals surface area contributed by atoms with E-state index in [4.69, 9.17) is 4.74 Å². The first-order valence-corrected chi connectivity index (χ1v) is 6.74. The topological polar surface area (TPSA) is 26.3 Å². The quantitative estimate of drug-likeness (QED) is 0.755. The summed E-state index contributed by atoms with van der Waals surface area (Å²) in [5, 5.41) is 0. The van der Waals surface area contributed by atoms with E-state index in [2.05, 4.69) is 13.0 Å². The maximum Gasteiger partial charge on any atom is 0.170 e. The normalized spacial score (nSPS) is 23.1. The lowest BCUT2D eigenvalue weighted by molar-refractivity contribution is 0.0893. The summed E-state index contributed by atoms with van der Waals surface area (Å²) in [6.07, 6.45) is 3.37. The van der Waals surface area contributed by atoms with Crippen LogP contribution in [-0.4, -0.2) is 12.9 Å². The van der Waals surface area contributed by atoms with Crippen LogP contribution in [0.1, 0.15) is 47.7 Å². The standard InChI is InChI=1S/C16H22O2/c1-10-8-12(3)15(14(9-10)18-4)16(17)13-7-5-6-11(13)2/h8-9,11,13H,5-7H2,1-4H3. The lowest BCUT2D eigenvalue weighted by Crippen LogP contribution is -2.19. The van der Waals surface area contributed by atoms with Gasteiger partial charge in [-0.25, -0.2) is 0 Å². The number of hydrogen-bond acceptors (Lipinski definition) is 2. The number of methoxy groups -OCH3 is 1. The molecule has 0 bridgehead atoms. The summed E-state index contributed by atoms with van der Waals surface area (Å²) >= 11 is 0. The molecule has 1 aliphatic rings. The van der Waals surface area contributed by atoms with Crippen molar-refractivity contribution < 1.29 is 9.53 Å². The van der Waals surface area contributed by atoms with Crippen molar-refractivity contribution in [2.45, 2.75) is 40.0 Å². The van der Waals surface area contributed by atoms with Crippen molar-refractivity contribution >= 4 is 5.78 Å². The predicted molar refractivity (Wildman–Crippen MR) is 73.3 cm³/mol. The third-order valence-corrected chi connectivity index (χ3v) is 4.11. The zero-order valence-electron chi connectivity index (χ0n) is 11.7. The molecule has 0 heterocycles. The lowest BCUT2D eigenvalue weighted by atomic mass is 9.87. The molecule has 2 rings (SSSR count). The second kappa shape index (κ2) is 5.13. The average molecular weight is 246 g/mol. The molecule has 0 aromatic heterocycles. The molecule has 1 aliphatic carbocycles. The van der Waals surface area contributed by atoms with E-state index in [-0.39, 0.29) is 11.7 Å². The summed E-state index contributed by atoms with van der Waals surface area (Å²) in [7, 11) is 1.64. The Kier molecular flexibility index (Phi) is 3.74. The first-order valence-electron chi connectivity index (χ1n) is 6.74. The van der Waals surface area contributed by atoms with Gasteiger partial charge in [-0.05, 0) is 49.8 Å². The summed E-state index contributed by atoms with van der Waals surface area (Å²) < 4.78 is 5.40. The number of hydrogen-bond donors (Lipinski definition) is 0. The Balaban J connectivity index is 2.41. The first kappa shape index (κ1) is 13.1. The molecule has 0 N–H and O–H groups in total. The largest absolute Gasteiger partial charge is 0.496 e. The Morgan fingerprint density at radius 1 is 1.28 bits per heavy atom. The van der Waals surface area contributed by atoms with Gasteiger partial charge < -0.3 is 4.74 Å². The molecule has 2 atom stereocenters. The molecule has 2 heteroatoms. The highest BCUT2D eigenvalue weighted by atomic mass is 16.5. The molecule has 0 spiro atoms. The van der Waals surface area contributed by atoms with Gasteiger partial charge in [-0.2, -0.15) is 0 Å². The van der Waals surface area contributed by atoms with Gasteiger partial charge in [0.2, 0.25) is 0 Å². The third kappa shape index (κ3) is 2.29. The van der Waals surface area contributed by atoms with Gasteiger partial charge in [-0.1, -0.05) is 19.4 Å². The van der Waals surface area contributed by atoms with Crippen molar-refractivity contribution in [1.82, 2.24) is 0 Å². The molecular formula is C16H22O2. The highest BCUT2D eigenvalue weighted by Gasteiger charge is 2.32. The van der Waals surface area contributed by atoms with Crippen LogP contribution in [0.2, 0.25) is 0 Å². The van der Waals surface area contributed by atoms with Gasteiger partial charge in [0.15, 0.2) is 5.78 Å². The van der Waals surface area contributed by atoms with Crippen LogP contribution in [-0.2, 0) is 0 Å². The zero-order chi connectivity index (χ0) is 13.3. The van der Waals surface area contributed by atoms with Crippen molar-refractivity contribution in [3.05, 3.63) is 28.8 Å². The van der Waals surface area contributed by atoms with Crippen LogP contribution in [0, 0.1) is 25.7 Å². The maximum absolute atomic E-state index is 12.7. The highest BCUT2D eigenvalue weighted by molar-refractivity contribution is 6.02. The Hall–Kier alpha value is -1.31. The molecule has 2 nitrogen and oxygen atoms in total. The van der Waals surface area contributed by atoms with Crippen LogP contribution in [0.15, 0.2) is 12.1 Å². The molecule has 1 aromatic rings. The smallest absolute Gasteiger partial charge is 0.170 e. The number of aryl methyl sites for hydroxylation is 2. The predicted octanol–water partition coefficient (Wildman–Crippen LogP) is 3.93. The minimum absolute atomic E-state index is 0.181. The fraction of sp³-hybridized carbons (Fsp3) is 0.562. The first-order chi connectivity index (χ1) is 8.54. The summed E-state index contributed by atoms with van der Waals surface area (Å²) in [5.41, 5.74) is 2.97. The molecule has 0 aliphatic heterocycles. The van der Waals surface area contributed by atoms with Crippen LogP contribution in [0.4, 0.5) is 0 Å². The van der Waals surface area contributed by atoms with Gasteiger partial charge in [0, 0.05) is 5.92 Å². The van der Waals surface area contributed by atoms with E-state index in [0.29, 0.717) is 5.92 Å². The van der Waals surface area contributed by atoms with Crippen LogP contribution >= 0.6 is 0 Å². The van der Waals surface area contributed by atoms with Crippen molar-refractivity contribution in [3.8, 4) is 5.75 Å². The maximum atomic E-state index is 12.7. The van der Waals surface area contributed by atoms with Gasteiger partial charge in [0.05, 0.1) is 12.7 Å². The van der Waals surface area contributed by atoms with E-state index in [1.807, 2.05) is 19.9 Å². The van der Waals surface area contributed by atoms with Gasteiger partial charge in [-0.3, -0.25) is 4.79 Å². The van der Waals surface area contributed by atoms with Crippen LogP contribution in [0.5, 0.6) is 5.75 Å². The second-order valence-corrected chi connectivity index (χ2v) is 5.54. The van der Waals surface area contributed by atoms with E-state index in [9.17, 15) is 4.79 Å². The SMILES string of the molecule is COc1cc(C)cc(C)c1C(=O)C1CCCC1C. The van der Waals surface area contributed by atoms with Crippen molar-refractivity contribution in [2.75, 3.05) is 7.11 Å². The van der Waals surface area contributed by atoms with Gasteiger partial charge in [0.25, 0.3) is 0 Å². The summed E-state index contributed by atoms with van der Waals surface area (Å²) in [6, 6.07) is 4.02. The molecule has 18 heavy (non-hydrogen) atoms. The monoisotopic (exact) mass is 246 g/mol. The second-order valence-electron chi connectivity index (χ2n) is 5.54. The fourth-order valence-electron chi connectivity index (χ4n) is 3.13. The molecule has 1 fully saturated rings. The molecule has 1 saturated carbocycles. The number of carbonyl (C=O) groups is 1. The number of Topliss-reactive ketones (excluding diaryl/α,β-unsaturated/α-hetero) is 1. The number of ether oxygens (including phenoxy) is 1. The average Bonchev–Trinajstić information content (AvgIpc) is 2.73. The number of benzene rings is 1. The van der Waals surface area contributed by atoms with Gasteiger partial charge >= 0.3 is 0 Å². The number of rotatable bonds is 3. The van der Waals surface area contributed by atoms with Crippen molar-refractivity contribution in [2.24, 2.45) is 11.8 Å². The summed E-state index contributed by atoms with van der Waals surface area (Å²) in [5.74, 6) is 1.69. The highest BCUT2D eigenvalue weighted by Crippen LogP contribution is 2.36. The molecule has 0 saturated heterocycles. The van der Waals surface area contributed by atoms with Crippen LogP contribution < -0.4 is 4.74 Å². The van der Waals surface area contributed by atoms with E-state index >= 15 is 0 Å².